The number of carbonyl (C=O) groups excluding carboxylic acids is 1. The number of carbonyl (C=O) groups is 1. The second-order valence-corrected chi connectivity index (χ2v) is 5.99. The minimum absolute atomic E-state index is 0.125. The molecule has 1 unspecified atom stereocenters. The van der Waals surface area contributed by atoms with Crippen LogP contribution in [0.15, 0.2) is 17.6 Å². The van der Waals surface area contributed by atoms with Crippen molar-refractivity contribution >= 4 is 44.7 Å². The molecule has 2 rings (SSSR count). The lowest BCUT2D eigenvalue weighted by Crippen LogP contribution is -2.39. The number of thiazole rings is 1. The standard InChI is InChI=1S/C13H16ClN3OS/c1-3-13(2,6-15)12(18)17-10-8(14)4-5-9-11(10)16-7-19-9/h4-5,7H,3,6,15H2,1-2H3,(H,17,18). The van der Waals surface area contributed by atoms with E-state index < -0.39 is 5.41 Å². The molecule has 0 aliphatic heterocycles. The van der Waals surface area contributed by atoms with Gasteiger partial charge in [-0.15, -0.1) is 11.3 Å². The van der Waals surface area contributed by atoms with Gasteiger partial charge in [-0.1, -0.05) is 18.5 Å². The first kappa shape index (κ1) is 14.2. The predicted molar refractivity (Wildman–Crippen MR) is 80.7 cm³/mol. The van der Waals surface area contributed by atoms with E-state index in [1.165, 1.54) is 11.3 Å². The maximum Gasteiger partial charge on any atom is 0.231 e. The average molecular weight is 298 g/mol. The molecule has 102 valence electrons. The van der Waals surface area contributed by atoms with Crippen LogP contribution in [-0.4, -0.2) is 17.4 Å². The average Bonchev–Trinajstić information content (AvgIpc) is 2.89. The van der Waals surface area contributed by atoms with Crippen LogP contribution in [0.3, 0.4) is 0 Å². The van der Waals surface area contributed by atoms with Gasteiger partial charge in [0, 0.05) is 6.54 Å². The zero-order valence-electron chi connectivity index (χ0n) is 10.9. The number of fused-ring (bicyclic) bond motifs is 1. The summed E-state index contributed by atoms with van der Waals surface area (Å²) in [5.41, 5.74) is 8.13. The van der Waals surface area contributed by atoms with Gasteiger partial charge < -0.3 is 11.1 Å². The lowest BCUT2D eigenvalue weighted by Gasteiger charge is -2.25. The van der Waals surface area contributed by atoms with E-state index in [2.05, 4.69) is 10.3 Å². The number of nitrogens with one attached hydrogen (secondary N) is 1. The van der Waals surface area contributed by atoms with Crippen LogP contribution in [0.1, 0.15) is 20.3 Å². The van der Waals surface area contributed by atoms with Gasteiger partial charge in [-0.05, 0) is 25.5 Å². The summed E-state index contributed by atoms with van der Waals surface area (Å²) >= 11 is 7.67. The molecule has 1 aromatic heterocycles. The Balaban J connectivity index is 2.38. The summed E-state index contributed by atoms with van der Waals surface area (Å²) in [6.45, 7) is 4.08. The molecule has 0 saturated carbocycles. The fourth-order valence-corrected chi connectivity index (χ4v) is 2.57. The molecule has 1 amide bonds. The first-order valence-electron chi connectivity index (χ1n) is 6.05. The molecule has 0 fully saturated rings. The smallest absolute Gasteiger partial charge is 0.231 e. The van der Waals surface area contributed by atoms with Crippen molar-refractivity contribution in [3.05, 3.63) is 22.7 Å². The molecule has 4 nitrogen and oxygen atoms in total. The normalized spacial score (nSPS) is 14.3. The highest BCUT2D eigenvalue weighted by Gasteiger charge is 2.30. The number of hydrogen-bond donors (Lipinski definition) is 2. The summed E-state index contributed by atoms with van der Waals surface area (Å²) < 4.78 is 0.991. The van der Waals surface area contributed by atoms with Gasteiger partial charge >= 0.3 is 0 Å². The molecule has 19 heavy (non-hydrogen) atoms. The maximum absolute atomic E-state index is 12.3. The number of rotatable bonds is 4. The Morgan fingerprint density at radius 2 is 2.32 bits per heavy atom. The highest BCUT2D eigenvalue weighted by atomic mass is 35.5. The highest BCUT2D eigenvalue weighted by Crippen LogP contribution is 2.33. The molecule has 6 heteroatoms. The van der Waals surface area contributed by atoms with Gasteiger partial charge in [0.15, 0.2) is 0 Å². The van der Waals surface area contributed by atoms with Crippen LogP contribution in [0.5, 0.6) is 0 Å². The minimum atomic E-state index is -0.596. The molecule has 0 saturated heterocycles. The minimum Gasteiger partial charge on any atom is -0.329 e. The van der Waals surface area contributed by atoms with E-state index in [0.717, 1.165) is 10.2 Å². The quantitative estimate of drug-likeness (QED) is 0.910. The summed E-state index contributed by atoms with van der Waals surface area (Å²) in [5, 5.41) is 3.36. The van der Waals surface area contributed by atoms with E-state index in [4.69, 9.17) is 17.3 Å². The van der Waals surface area contributed by atoms with Gasteiger partial charge in [-0.3, -0.25) is 4.79 Å². The van der Waals surface area contributed by atoms with Crippen LogP contribution in [0.4, 0.5) is 5.69 Å². The molecule has 1 atom stereocenters. The molecular formula is C13H16ClN3OS. The molecule has 1 aromatic carbocycles. The third-order valence-electron chi connectivity index (χ3n) is 3.47. The van der Waals surface area contributed by atoms with Gasteiger partial charge in [0.05, 0.1) is 26.3 Å². The first-order valence-corrected chi connectivity index (χ1v) is 7.31. The van der Waals surface area contributed by atoms with E-state index in [9.17, 15) is 4.79 Å². The van der Waals surface area contributed by atoms with Crippen molar-refractivity contribution in [2.24, 2.45) is 11.1 Å². The van der Waals surface area contributed by atoms with Gasteiger partial charge in [0.2, 0.25) is 5.91 Å². The summed E-state index contributed by atoms with van der Waals surface area (Å²) in [6, 6.07) is 3.66. The van der Waals surface area contributed by atoms with Crippen molar-refractivity contribution in [1.29, 1.82) is 0 Å². The summed E-state index contributed by atoms with van der Waals surface area (Å²) in [5.74, 6) is -0.125. The van der Waals surface area contributed by atoms with Gasteiger partial charge in [0.1, 0.15) is 5.52 Å². The molecule has 1 heterocycles. The Morgan fingerprint density at radius 1 is 1.58 bits per heavy atom. The lowest BCUT2D eigenvalue weighted by molar-refractivity contribution is -0.124. The van der Waals surface area contributed by atoms with Crippen molar-refractivity contribution < 1.29 is 4.79 Å². The number of anilines is 1. The number of benzene rings is 1. The monoisotopic (exact) mass is 297 g/mol. The molecule has 0 spiro atoms. The predicted octanol–water partition coefficient (Wildman–Crippen LogP) is 3.26. The second-order valence-electron chi connectivity index (χ2n) is 4.69. The molecule has 0 aliphatic rings. The first-order chi connectivity index (χ1) is 9.01. The van der Waals surface area contributed by atoms with Crippen molar-refractivity contribution in [3.63, 3.8) is 0 Å². The number of nitrogens with zero attached hydrogens (tertiary/aromatic N) is 1. The van der Waals surface area contributed by atoms with E-state index in [1.807, 2.05) is 19.9 Å². The number of aromatic nitrogens is 1. The van der Waals surface area contributed by atoms with Crippen LogP contribution < -0.4 is 11.1 Å². The molecule has 2 aromatic rings. The summed E-state index contributed by atoms with van der Waals surface area (Å²) in [4.78, 5) is 16.6. The van der Waals surface area contributed by atoms with Crippen molar-refractivity contribution in [3.8, 4) is 0 Å². The Labute approximate surface area is 121 Å². The molecule has 0 radical (unpaired) electrons. The van der Waals surface area contributed by atoms with Crippen LogP contribution >= 0.6 is 22.9 Å². The molecule has 0 aliphatic carbocycles. The largest absolute Gasteiger partial charge is 0.329 e. The van der Waals surface area contributed by atoms with Gasteiger partial charge in [0.25, 0.3) is 0 Å². The number of nitrogens with two attached hydrogens (primary N) is 1. The third-order valence-corrected chi connectivity index (χ3v) is 4.58. The number of hydrogen-bond acceptors (Lipinski definition) is 4. The molecule has 0 bridgehead atoms. The maximum atomic E-state index is 12.3. The highest BCUT2D eigenvalue weighted by molar-refractivity contribution is 7.16. The van der Waals surface area contributed by atoms with Crippen LogP contribution in [-0.2, 0) is 4.79 Å². The Morgan fingerprint density at radius 3 is 2.95 bits per heavy atom. The molecular weight excluding hydrogens is 282 g/mol. The lowest BCUT2D eigenvalue weighted by atomic mass is 9.86. The van der Waals surface area contributed by atoms with Crippen LogP contribution in [0, 0.1) is 5.41 Å². The van der Waals surface area contributed by atoms with Crippen LogP contribution in [0.2, 0.25) is 5.02 Å². The third kappa shape index (κ3) is 2.59. The van der Waals surface area contributed by atoms with Crippen molar-refractivity contribution in [2.45, 2.75) is 20.3 Å². The van der Waals surface area contributed by atoms with E-state index in [1.54, 1.807) is 11.6 Å². The summed E-state index contributed by atoms with van der Waals surface area (Å²) in [6.07, 6.45) is 0.667. The number of halogens is 1. The zero-order valence-corrected chi connectivity index (χ0v) is 12.4. The van der Waals surface area contributed by atoms with Crippen molar-refractivity contribution in [1.82, 2.24) is 4.98 Å². The molecule has 3 N–H and O–H groups in total. The van der Waals surface area contributed by atoms with Gasteiger partial charge in [-0.2, -0.15) is 0 Å². The van der Waals surface area contributed by atoms with Crippen molar-refractivity contribution in [2.75, 3.05) is 11.9 Å². The topological polar surface area (TPSA) is 68.0 Å². The number of amides is 1. The SMILES string of the molecule is CCC(C)(CN)C(=O)Nc1c(Cl)ccc2scnc12. The summed E-state index contributed by atoms with van der Waals surface area (Å²) in [7, 11) is 0. The Kier molecular flexibility index (Phi) is 4.08. The van der Waals surface area contributed by atoms with E-state index in [-0.39, 0.29) is 5.91 Å². The van der Waals surface area contributed by atoms with Gasteiger partial charge in [-0.25, -0.2) is 4.98 Å². The van der Waals surface area contributed by atoms with E-state index in [0.29, 0.717) is 23.7 Å². The fourth-order valence-electron chi connectivity index (χ4n) is 1.69. The van der Waals surface area contributed by atoms with Crippen LogP contribution in [0.25, 0.3) is 10.2 Å². The Hall–Kier alpha value is -1.17. The fraction of sp³-hybridized carbons (Fsp3) is 0.385. The van der Waals surface area contributed by atoms with E-state index >= 15 is 0 Å². The zero-order chi connectivity index (χ0) is 14.0. The Bertz CT molecular complexity index is 607. The second kappa shape index (κ2) is 5.45.